The van der Waals surface area contributed by atoms with Crippen molar-refractivity contribution in [3.8, 4) is 28.4 Å². The molecule has 11 heteroatoms. The predicted molar refractivity (Wildman–Crippen MR) is 164 cm³/mol. The summed E-state index contributed by atoms with van der Waals surface area (Å²) in [6.07, 6.45) is 5.17. The van der Waals surface area contributed by atoms with E-state index in [1.165, 1.54) is 13.0 Å². The van der Waals surface area contributed by atoms with E-state index in [9.17, 15) is 14.4 Å². The van der Waals surface area contributed by atoms with Crippen LogP contribution >= 0.6 is 11.8 Å². The van der Waals surface area contributed by atoms with Gasteiger partial charge in [-0.15, -0.1) is 0 Å². The molecule has 0 bridgehead atoms. The maximum Gasteiger partial charge on any atom is 0.242 e. The minimum Gasteiger partial charge on any atom is -0.493 e. The third-order valence-corrected chi connectivity index (χ3v) is 7.83. The summed E-state index contributed by atoms with van der Waals surface area (Å²) < 4.78 is 22.4. The quantitative estimate of drug-likeness (QED) is 0.281. The summed E-state index contributed by atoms with van der Waals surface area (Å²) >= 11 is 1.61. The van der Waals surface area contributed by atoms with Crippen molar-refractivity contribution in [2.45, 2.75) is 44.8 Å². The van der Waals surface area contributed by atoms with Gasteiger partial charge in [0.1, 0.15) is 11.8 Å². The Morgan fingerprint density at radius 1 is 1.10 bits per heavy atom. The molecule has 2 atom stereocenters. The third-order valence-electron chi connectivity index (χ3n) is 7.19. The van der Waals surface area contributed by atoms with Crippen LogP contribution in [-0.2, 0) is 22.6 Å². The molecule has 0 unspecified atom stereocenters. The van der Waals surface area contributed by atoms with Gasteiger partial charge in [-0.3, -0.25) is 14.4 Å². The molecule has 1 aliphatic carbocycles. The monoisotopic (exact) mass is 595 g/mol. The van der Waals surface area contributed by atoms with Crippen LogP contribution in [0.25, 0.3) is 11.1 Å². The minimum atomic E-state index is -0.653. The molecule has 10 nitrogen and oxygen atoms in total. The molecule has 42 heavy (non-hydrogen) atoms. The summed E-state index contributed by atoms with van der Waals surface area (Å²) in [7, 11) is 4.66. The SMILES string of the molecule is COc1cc2c(c(OC)c1OC)-c1ccc(N[C@H](CCSC)C(=O)NCc3ccco3)c(=O)cc1[C@H](NC(C)=O)CC2. The summed E-state index contributed by atoms with van der Waals surface area (Å²) in [5.74, 6) is 2.33. The van der Waals surface area contributed by atoms with E-state index < -0.39 is 12.1 Å². The Morgan fingerprint density at radius 3 is 2.52 bits per heavy atom. The van der Waals surface area contributed by atoms with Gasteiger partial charge in [-0.25, -0.2) is 0 Å². The molecule has 1 heterocycles. The van der Waals surface area contributed by atoms with Crippen LogP contribution in [0.3, 0.4) is 0 Å². The van der Waals surface area contributed by atoms with Gasteiger partial charge < -0.3 is 34.6 Å². The largest absolute Gasteiger partial charge is 0.493 e. The van der Waals surface area contributed by atoms with E-state index in [0.717, 1.165) is 11.1 Å². The van der Waals surface area contributed by atoms with Crippen LogP contribution in [0.1, 0.15) is 42.7 Å². The highest BCUT2D eigenvalue weighted by atomic mass is 32.2. The smallest absolute Gasteiger partial charge is 0.242 e. The second-order valence-electron chi connectivity index (χ2n) is 9.87. The lowest BCUT2D eigenvalue weighted by Crippen LogP contribution is -2.40. The molecule has 0 spiro atoms. The first kappa shape index (κ1) is 30.8. The van der Waals surface area contributed by atoms with Gasteiger partial charge in [0.25, 0.3) is 0 Å². The highest BCUT2D eigenvalue weighted by Crippen LogP contribution is 2.50. The van der Waals surface area contributed by atoms with Crippen LogP contribution in [0.4, 0.5) is 5.69 Å². The molecule has 1 aliphatic rings. The Kier molecular flexibility index (Phi) is 10.4. The first-order valence-electron chi connectivity index (χ1n) is 13.6. The average molecular weight is 596 g/mol. The number of benzene rings is 1. The number of hydrogen-bond donors (Lipinski definition) is 3. The Morgan fingerprint density at radius 2 is 1.88 bits per heavy atom. The molecule has 2 amide bonds. The maximum atomic E-state index is 13.7. The van der Waals surface area contributed by atoms with E-state index in [4.69, 9.17) is 18.6 Å². The molecule has 1 aromatic heterocycles. The van der Waals surface area contributed by atoms with Crippen LogP contribution < -0.4 is 35.6 Å². The van der Waals surface area contributed by atoms with Crippen LogP contribution in [-0.4, -0.2) is 51.2 Å². The molecule has 0 fully saturated rings. The van der Waals surface area contributed by atoms with Crippen LogP contribution in [0.2, 0.25) is 0 Å². The van der Waals surface area contributed by atoms with Gasteiger partial charge >= 0.3 is 0 Å². The second-order valence-corrected chi connectivity index (χ2v) is 10.9. The van der Waals surface area contributed by atoms with Gasteiger partial charge in [0, 0.05) is 12.5 Å². The highest BCUT2D eigenvalue weighted by Gasteiger charge is 2.30. The van der Waals surface area contributed by atoms with Crippen LogP contribution in [0.5, 0.6) is 17.2 Å². The average Bonchev–Trinajstić information content (AvgIpc) is 3.40. The molecule has 3 N–H and O–H groups in total. The second kappa shape index (κ2) is 14.2. The number of carbonyl (C=O) groups is 2. The minimum absolute atomic E-state index is 0.207. The fourth-order valence-corrected chi connectivity index (χ4v) is 5.70. The molecule has 0 saturated heterocycles. The lowest BCUT2D eigenvalue weighted by atomic mass is 9.95. The molecular formula is C31H37N3O7S. The predicted octanol–water partition coefficient (Wildman–Crippen LogP) is 4.31. The lowest BCUT2D eigenvalue weighted by Gasteiger charge is -2.19. The summed E-state index contributed by atoms with van der Waals surface area (Å²) in [5.41, 5.74) is 3.02. The van der Waals surface area contributed by atoms with E-state index in [2.05, 4.69) is 16.0 Å². The number of thioether (sulfide) groups is 1. The maximum absolute atomic E-state index is 13.7. The van der Waals surface area contributed by atoms with E-state index in [-0.39, 0.29) is 29.5 Å². The zero-order chi connectivity index (χ0) is 30.2. The first-order chi connectivity index (χ1) is 20.3. The number of aryl methyl sites for hydroxylation is 1. The summed E-state index contributed by atoms with van der Waals surface area (Å²) in [6, 6.07) is 9.42. The molecule has 0 saturated carbocycles. The highest BCUT2D eigenvalue weighted by molar-refractivity contribution is 7.98. The summed E-state index contributed by atoms with van der Waals surface area (Å²) in [6.45, 7) is 1.70. The molecular weight excluding hydrogens is 558 g/mol. The molecule has 4 rings (SSSR count). The fraction of sp³-hybridized carbons (Fsp3) is 0.387. The Balaban J connectivity index is 1.81. The number of methoxy groups -OCH3 is 3. The van der Waals surface area contributed by atoms with E-state index in [1.807, 2.05) is 18.4 Å². The van der Waals surface area contributed by atoms with E-state index >= 15 is 0 Å². The van der Waals surface area contributed by atoms with E-state index in [0.29, 0.717) is 59.2 Å². The van der Waals surface area contributed by atoms with Crippen molar-refractivity contribution >= 4 is 29.3 Å². The van der Waals surface area contributed by atoms with Gasteiger partial charge in [0.15, 0.2) is 11.5 Å². The van der Waals surface area contributed by atoms with Crippen molar-refractivity contribution < 1.29 is 28.2 Å². The van der Waals surface area contributed by atoms with E-state index in [1.54, 1.807) is 57.6 Å². The molecule has 0 aliphatic heterocycles. The van der Waals surface area contributed by atoms with Crippen LogP contribution in [0.15, 0.2) is 51.9 Å². The Bertz CT molecular complexity index is 1480. The number of rotatable bonds is 12. The third kappa shape index (κ3) is 6.84. The number of ether oxygens (including phenoxy) is 3. The Labute approximate surface area is 249 Å². The number of carbonyl (C=O) groups excluding carboxylic acids is 2. The molecule has 2 aromatic carbocycles. The van der Waals surface area contributed by atoms with Gasteiger partial charge in [-0.2, -0.15) is 11.8 Å². The summed E-state index contributed by atoms with van der Waals surface area (Å²) in [4.78, 5) is 39.1. The fourth-order valence-electron chi connectivity index (χ4n) is 5.23. The number of nitrogens with one attached hydrogen (secondary N) is 3. The van der Waals surface area contributed by atoms with Crippen molar-refractivity contribution in [3.63, 3.8) is 0 Å². The first-order valence-corrected chi connectivity index (χ1v) is 15.0. The Hall–Kier alpha value is -4.12. The number of furan rings is 1. The lowest BCUT2D eigenvalue weighted by molar-refractivity contribution is -0.122. The standard InChI is InChI=1S/C31H37N3O7S/c1-18(35)33-23-10-8-19-15-27(38-2)29(39-3)30(40-4)28(19)21-9-11-24(26(36)16-22(21)23)34-25(12-14-42-5)31(37)32-17-20-7-6-13-41-20/h6-7,9,11,13,15-16,23,25H,8,10,12,14,17H2,1-5H3,(H,32,37)(H,33,35)(H,34,36)/t23-,25-/m1/s1. The summed E-state index contributed by atoms with van der Waals surface area (Å²) in [5, 5.41) is 9.08. The van der Waals surface area contributed by atoms with Gasteiger partial charge in [0.05, 0.1) is 45.9 Å². The van der Waals surface area contributed by atoms with Gasteiger partial charge in [-0.1, -0.05) is 6.07 Å². The zero-order valence-electron chi connectivity index (χ0n) is 24.5. The van der Waals surface area contributed by atoms with Crippen molar-refractivity contribution in [1.29, 1.82) is 0 Å². The van der Waals surface area contributed by atoms with Gasteiger partial charge in [0.2, 0.25) is 23.0 Å². The normalized spacial score (nSPS) is 14.5. The molecule has 224 valence electrons. The number of amides is 2. The zero-order valence-corrected chi connectivity index (χ0v) is 25.3. The topological polar surface area (TPSA) is 128 Å². The van der Waals surface area contributed by atoms with Gasteiger partial charge in [-0.05, 0) is 78.3 Å². The van der Waals surface area contributed by atoms with Crippen molar-refractivity contribution in [2.75, 3.05) is 38.7 Å². The number of hydrogen-bond acceptors (Lipinski definition) is 9. The molecule has 3 aromatic rings. The van der Waals surface area contributed by atoms with Crippen molar-refractivity contribution in [2.24, 2.45) is 0 Å². The van der Waals surface area contributed by atoms with Crippen LogP contribution in [0, 0.1) is 0 Å². The number of anilines is 1. The van der Waals surface area contributed by atoms with Crippen molar-refractivity contribution in [3.05, 3.63) is 69.8 Å². The number of fused-ring (bicyclic) bond motifs is 3. The van der Waals surface area contributed by atoms with Crippen molar-refractivity contribution in [1.82, 2.24) is 10.6 Å². The molecule has 0 radical (unpaired) electrons.